The number of primary amides is 1. The first-order valence-electron chi connectivity index (χ1n) is 7.42. The predicted molar refractivity (Wildman–Crippen MR) is 81.6 cm³/mol. The lowest BCUT2D eigenvalue weighted by atomic mass is 9.93. The number of carbonyl (C=O) groups excluding carboxylic acids is 1. The molecule has 2 N–H and O–H groups in total. The summed E-state index contributed by atoms with van der Waals surface area (Å²) in [4.78, 5) is 15.4. The van der Waals surface area contributed by atoms with Gasteiger partial charge in [0.05, 0.1) is 0 Å². The van der Waals surface area contributed by atoms with Crippen molar-refractivity contribution >= 4 is 5.91 Å². The number of hydrogen-bond acceptors (Lipinski definition) is 3. The maximum atomic E-state index is 14.3. The van der Waals surface area contributed by atoms with Crippen LogP contribution in [0.1, 0.15) is 28.0 Å². The molecule has 1 aromatic heterocycles. The number of benzene rings is 1. The predicted octanol–water partition coefficient (Wildman–Crippen LogP) is 3.25. The van der Waals surface area contributed by atoms with Crippen LogP contribution in [0, 0.1) is 12.7 Å². The van der Waals surface area contributed by atoms with Crippen molar-refractivity contribution in [2.45, 2.75) is 32.3 Å². The van der Waals surface area contributed by atoms with E-state index < -0.39 is 24.3 Å². The SMILES string of the molecule is Cc1ccc(-c2cc(C(N)=O)nc3c2CC[C@H](C(F)F)O3)c(F)c1. The summed E-state index contributed by atoms with van der Waals surface area (Å²) < 4.78 is 45.4. The van der Waals surface area contributed by atoms with Crippen LogP contribution in [0.3, 0.4) is 0 Å². The highest BCUT2D eigenvalue weighted by Crippen LogP contribution is 2.37. The molecule has 1 aromatic carbocycles. The normalized spacial score (nSPS) is 16.6. The maximum absolute atomic E-state index is 14.3. The lowest BCUT2D eigenvalue weighted by Gasteiger charge is -2.26. The average Bonchev–Trinajstić information content (AvgIpc) is 2.53. The second kappa shape index (κ2) is 6.14. The van der Waals surface area contributed by atoms with E-state index in [4.69, 9.17) is 10.5 Å². The van der Waals surface area contributed by atoms with E-state index >= 15 is 0 Å². The largest absolute Gasteiger partial charge is 0.468 e. The van der Waals surface area contributed by atoms with Crippen molar-refractivity contribution in [2.75, 3.05) is 0 Å². The van der Waals surface area contributed by atoms with Gasteiger partial charge in [-0.05, 0) is 43.0 Å². The van der Waals surface area contributed by atoms with Gasteiger partial charge in [-0.3, -0.25) is 4.79 Å². The van der Waals surface area contributed by atoms with Crippen LogP contribution < -0.4 is 10.5 Å². The van der Waals surface area contributed by atoms with Crippen molar-refractivity contribution in [1.29, 1.82) is 0 Å². The molecule has 4 nitrogen and oxygen atoms in total. The smallest absolute Gasteiger partial charge is 0.274 e. The average molecular weight is 336 g/mol. The molecule has 2 aromatic rings. The van der Waals surface area contributed by atoms with Gasteiger partial charge < -0.3 is 10.5 Å². The van der Waals surface area contributed by atoms with Crippen LogP contribution in [0.5, 0.6) is 5.88 Å². The Kier molecular flexibility index (Phi) is 4.17. The van der Waals surface area contributed by atoms with E-state index in [1.54, 1.807) is 19.1 Å². The van der Waals surface area contributed by atoms with Gasteiger partial charge in [-0.2, -0.15) is 0 Å². The summed E-state index contributed by atoms with van der Waals surface area (Å²) >= 11 is 0. The number of nitrogens with two attached hydrogens (primary N) is 1. The molecule has 126 valence electrons. The second-order valence-electron chi connectivity index (χ2n) is 5.72. The number of rotatable bonds is 3. The van der Waals surface area contributed by atoms with Crippen molar-refractivity contribution in [1.82, 2.24) is 4.98 Å². The second-order valence-corrected chi connectivity index (χ2v) is 5.72. The summed E-state index contributed by atoms with van der Waals surface area (Å²) in [6.45, 7) is 1.75. The Morgan fingerprint density at radius 1 is 1.33 bits per heavy atom. The summed E-state index contributed by atoms with van der Waals surface area (Å²) in [5.74, 6) is -1.40. The molecule has 7 heteroatoms. The van der Waals surface area contributed by atoms with Gasteiger partial charge in [0.1, 0.15) is 11.5 Å². The van der Waals surface area contributed by atoms with Gasteiger partial charge in [0, 0.05) is 11.1 Å². The number of aryl methyl sites for hydroxylation is 1. The summed E-state index contributed by atoms with van der Waals surface area (Å²) in [5, 5.41) is 0. The first-order chi connectivity index (χ1) is 11.4. The number of hydrogen-bond donors (Lipinski definition) is 1. The minimum Gasteiger partial charge on any atom is -0.468 e. The van der Waals surface area contributed by atoms with Crippen LogP contribution in [0.25, 0.3) is 11.1 Å². The molecule has 0 spiro atoms. The fourth-order valence-corrected chi connectivity index (χ4v) is 2.76. The highest BCUT2D eigenvalue weighted by atomic mass is 19.3. The molecule has 1 atom stereocenters. The monoisotopic (exact) mass is 336 g/mol. The van der Waals surface area contributed by atoms with E-state index in [-0.39, 0.29) is 30.0 Å². The Morgan fingerprint density at radius 3 is 2.71 bits per heavy atom. The van der Waals surface area contributed by atoms with Crippen molar-refractivity contribution in [3.05, 3.63) is 46.9 Å². The highest BCUT2D eigenvalue weighted by molar-refractivity contribution is 5.93. The fourth-order valence-electron chi connectivity index (χ4n) is 2.76. The molecule has 24 heavy (non-hydrogen) atoms. The molecule has 0 radical (unpaired) electrons. The summed E-state index contributed by atoms with van der Waals surface area (Å²) in [5.41, 5.74) is 6.98. The lowest BCUT2D eigenvalue weighted by molar-refractivity contribution is -0.00215. The van der Waals surface area contributed by atoms with Crippen LogP contribution in [-0.2, 0) is 6.42 Å². The minimum atomic E-state index is -2.67. The molecule has 1 aliphatic rings. The highest BCUT2D eigenvalue weighted by Gasteiger charge is 2.31. The number of alkyl halides is 2. The molecule has 1 amide bonds. The molecular formula is C17H15F3N2O2. The fraction of sp³-hybridized carbons (Fsp3) is 0.294. The Bertz CT molecular complexity index is 809. The molecule has 1 aliphatic heterocycles. The zero-order valence-corrected chi connectivity index (χ0v) is 12.9. The Balaban J connectivity index is 2.17. The topological polar surface area (TPSA) is 65.2 Å². The number of aromatic nitrogens is 1. The molecule has 3 rings (SSSR count). The van der Waals surface area contributed by atoms with Gasteiger partial charge in [-0.1, -0.05) is 12.1 Å². The Labute approximate surface area is 136 Å². The molecule has 0 aliphatic carbocycles. The summed E-state index contributed by atoms with van der Waals surface area (Å²) in [7, 11) is 0. The zero-order valence-electron chi connectivity index (χ0n) is 12.9. The minimum absolute atomic E-state index is 0.0853. The third-order valence-electron chi connectivity index (χ3n) is 3.98. The molecule has 0 bridgehead atoms. The summed E-state index contributed by atoms with van der Waals surface area (Å²) in [6, 6.07) is 6.03. The number of amides is 1. The summed E-state index contributed by atoms with van der Waals surface area (Å²) in [6.07, 6.45) is -3.64. The maximum Gasteiger partial charge on any atom is 0.274 e. The number of halogens is 3. The van der Waals surface area contributed by atoms with Crippen LogP contribution >= 0.6 is 0 Å². The van der Waals surface area contributed by atoms with Gasteiger partial charge in [0.15, 0.2) is 6.10 Å². The number of carbonyl (C=O) groups is 1. The van der Waals surface area contributed by atoms with E-state index in [9.17, 15) is 18.0 Å². The molecule has 2 heterocycles. The number of fused-ring (bicyclic) bond motifs is 1. The van der Waals surface area contributed by atoms with Crippen molar-refractivity contribution < 1.29 is 22.7 Å². The van der Waals surface area contributed by atoms with Gasteiger partial charge in [0.25, 0.3) is 12.3 Å². The van der Waals surface area contributed by atoms with Crippen molar-refractivity contribution in [3.63, 3.8) is 0 Å². The standard InChI is InChI=1S/C17H15F3N2O2/c1-8-2-3-9(12(18)6-8)11-7-13(16(21)23)22-17-10(11)4-5-14(24-17)15(19)20/h2-3,6-7,14-15H,4-5H2,1H3,(H2,21,23)/t14-/m1/s1. The quantitative estimate of drug-likeness (QED) is 0.936. The van der Waals surface area contributed by atoms with Crippen LogP contribution in [0.15, 0.2) is 24.3 Å². The molecular weight excluding hydrogens is 321 g/mol. The first kappa shape index (κ1) is 16.3. The van der Waals surface area contributed by atoms with Crippen LogP contribution in [0.4, 0.5) is 13.2 Å². The van der Waals surface area contributed by atoms with Gasteiger partial charge in [-0.25, -0.2) is 18.2 Å². The lowest BCUT2D eigenvalue weighted by Crippen LogP contribution is -2.31. The zero-order chi connectivity index (χ0) is 17.4. The molecule has 0 saturated heterocycles. The number of nitrogens with zero attached hydrogens (tertiary/aromatic N) is 1. The van der Waals surface area contributed by atoms with E-state index in [0.717, 1.165) is 5.56 Å². The van der Waals surface area contributed by atoms with Gasteiger partial charge in [-0.15, -0.1) is 0 Å². The van der Waals surface area contributed by atoms with E-state index in [2.05, 4.69) is 4.98 Å². The van der Waals surface area contributed by atoms with E-state index in [0.29, 0.717) is 11.1 Å². The Morgan fingerprint density at radius 2 is 2.08 bits per heavy atom. The van der Waals surface area contributed by atoms with E-state index in [1.807, 2.05) is 0 Å². The number of pyridine rings is 1. The molecule has 0 saturated carbocycles. The Hall–Kier alpha value is -2.57. The van der Waals surface area contributed by atoms with Crippen LogP contribution in [0.2, 0.25) is 0 Å². The molecule has 0 unspecified atom stereocenters. The van der Waals surface area contributed by atoms with Crippen molar-refractivity contribution in [3.8, 4) is 17.0 Å². The van der Waals surface area contributed by atoms with Gasteiger partial charge >= 0.3 is 0 Å². The third-order valence-corrected chi connectivity index (χ3v) is 3.98. The third kappa shape index (κ3) is 2.93. The van der Waals surface area contributed by atoms with E-state index in [1.165, 1.54) is 12.1 Å². The molecule has 0 fully saturated rings. The van der Waals surface area contributed by atoms with Crippen LogP contribution in [-0.4, -0.2) is 23.4 Å². The number of ether oxygens (including phenoxy) is 1. The van der Waals surface area contributed by atoms with Gasteiger partial charge in [0.2, 0.25) is 5.88 Å². The van der Waals surface area contributed by atoms with Crippen molar-refractivity contribution in [2.24, 2.45) is 5.73 Å². The first-order valence-corrected chi connectivity index (χ1v) is 7.42.